The Hall–Kier alpha value is -2.36. The van der Waals surface area contributed by atoms with Crippen LogP contribution in [0.4, 0.5) is 0 Å². The fraction of sp³-hybridized carbons (Fsp3) is 0.200. The summed E-state index contributed by atoms with van der Waals surface area (Å²) < 4.78 is 2.19. The highest BCUT2D eigenvalue weighted by atomic mass is 16.3. The zero-order valence-electron chi connectivity index (χ0n) is 10.7. The quantitative estimate of drug-likeness (QED) is 0.780. The van der Waals surface area contributed by atoms with Crippen molar-refractivity contribution in [1.82, 2.24) is 14.5 Å². The Bertz CT molecular complexity index is 718. The van der Waals surface area contributed by atoms with Gasteiger partial charge in [0.05, 0.1) is 17.2 Å². The summed E-state index contributed by atoms with van der Waals surface area (Å²) in [5.74, 6) is 1.19. The Labute approximate surface area is 111 Å². The van der Waals surface area contributed by atoms with E-state index < -0.39 is 0 Å². The normalized spacial score (nSPS) is 11.0. The molecular weight excluding hydrogens is 238 g/mol. The first-order chi connectivity index (χ1) is 9.28. The number of fused-ring (bicyclic) bond motifs is 1. The molecule has 0 spiro atoms. The van der Waals surface area contributed by atoms with E-state index in [1.54, 1.807) is 12.3 Å². The molecule has 2 heterocycles. The summed E-state index contributed by atoms with van der Waals surface area (Å²) in [6.07, 6.45) is 3.87. The lowest BCUT2D eigenvalue weighted by Gasteiger charge is -2.06. The third-order valence-electron chi connectivity index (χ3n) is 3.19. The molecule has 3 rings (SSSR count). The Kier molecular flexibility index (Phi) is 2.91. The fourth-order valence-electron chi connectivity index (χ4n) is 2.37. The maximum absolute atomic E-state index is 9.47. The lowest BCUT2D eigenvalue weighted by molar-refractivity contribution is 0.472. The summed E-state index contributed by atoms with van der Waals surface area (Å²) in [4.78, 5) is 8.66. The van der Waals surface area contributed by atoms with Crippen molar-refractivity contribution in [2.75, 3.05) is 0 Å². The number of pyridine rings is 1. The predicted octanol–water partition coefficient (Wildman–Crippen LogP) is 2.75. The smallest absolute Gasteiger partial charge is 0.134 e. The molecule has 0 aliphatic rings. The molecule has 0 fully saturated rings. The van der Waals surface area contributed by atoms with Crippen molar-refractivity contribution in [3.8, 4) is 5.75 Å². The van der Waals surface area contributed by atoms with E-state index in [2.05, 4.69) is 27.5 Å². The van der Waals surface area contributed by atoms with Gasteiger partial charge in [0.25, 0.3) is 0 Å². The molecule has 2 aromatic heterocycles. The van der Waals surface area contributed by atoms with Gasteiger partial charge in [0, 0.05) is 19.2 Å². The van der Waals surface area contributed by atoms with E-state index in [0.717, 1.165) is 29.0 Å². The second kappa shape index (κ2) is 4.72. The van der Waals surface area contributed by atoms with E-state index in [9.17, 15) is 5.11 Å². The standard InChI is InChI=1S/C15H15N3O/c1-2-18-14-6-4-3-5-13(14)17-15(18)8-11-7-12(19)10-16-9-11/h3-7,9-10,19H,2,8H2,1H3. The molecule has 0 radical (unpaired) electrons. The number of rotatable bonds is 3. The van der Waals surface area contributed by atoms with Crippen molar-refractivity contribution in [3.63, 3.8) is 0 Å². The third kappa shape index (κ3) is 2.17. The molecule has 0 aliphatic carbocycles. The average Bonchev–Trinajstić information content (AvgIpc) is 2.75. The summed E-state index contributed by atoms with van der Waals surface area (Å²) in [5, 5.41) is 9.47. The third-order valence-corrected chi connectivity index (χ3v) is 3.19. The minimum atomic E-state index is 0.191. The van der Waals surface area contributed by atoms with Crippen LogP contribution in [0.5, 0.6) is 5.75 Å². The van der Waals surface area contributed by atoms with Crippen LogP contribution in [0.2, 0.25) is 0 Å². The lowest BCUT2D eigenvalue weighted by atomic mass is 10.2. The van der Waals surface area contributed by atoms with Gasteiger partial charge >= 0.3 is 0 Å². The van der Waals surface area contributed by atoms with E-state index in [0.29, 0.717) is 6.42 Å². The van der Waals surface area contributed by atoms with Crippen molar-refractivity contribution in [1.29, 1.82) is 0 Å². The van der Waals surface area contributed by atoms with Crippen LogP contribution < -0.4 is 0 Å². The van der Waals surface area contributed by atoms with Gasteiger partial charge in [-0.3, -0.25) is 4.98 Å². The van der Waals surface area contributed by atoms with E-state index >= 15 is 0 Å². The number of nitrogens with zero attached hydrogens (tertiary/aromatic N) is 3. The summed E-state index contributed by atoms with van der Waals surface area (Å²) >= 11 is 0. The summed E-state index contributed by atoms with van der Waals surface area (Å²) in [6, 6.07) is 9.85. The van der Waals surface area contributed by atoms with Gasteiger partial charge in [0.2, 0.25) is 0 Å². The zero-order valence-corrected chi connectivity index (χ0v) is 10.7. The highest BCUT2D eigenvalue weighted by Crippen LogP contribution is 2.19. The number of hydrogen-bond donors (Lipinski definition) is 1. The number of aromatic hydroxyl groups is 1. The van der Waals surface area contributed by atoms with Crippen molar-refractivity contribution >= 4 is 11.0 Å². The Morgan fingerprint density at radius 2 is 2.05 bits per heavy atom. The molecule has 0 amide bonds. The Morgan fingerprint density at radius 3 is 2.84 bits per heavy atom. The van der Waals surface area contributed by atoms with Crippen LogP contribution in [0.25, 0.3) is 11.0 Å². The first-order valence-electron chi connectivity index (χ1n) is 6.35. The molecule has 0 atom stereocenters. The fourth-order valence-corrected chi connectivity index (χ4v) is 2.37. The molecule has 0 bridgehead atoms. The van der Waals surface area contributed by atoms with Crippen molar-refractivity contribution in [3.05, 3.63) is 54.1 Å². The second-order valence-electron chi connectivity index (χ2n) is 4.49. The first-order valence-corrected chi connectivity index (χ1v) is 6.35. The predicted molar refractivity (Wildman–Crippen MR) is 74.1 cm³/mol. The molecule has 3 aromatic rings. The van der Waals surface area contributed by atoms with Gasteiger partial charge in [-0.2, -0.15) is 0 Å². The van der Waals surface area contributed by atoms with Crippen LogP contribution in [0, 0.1) is 0 Å². The van der Waals surface area contributed by atoms with Crippen LogP contribution in [0.1, 0.15) is 18.3 Å². The average molecular weight is 253 g/mol. The monoisotopic (exact) mass is 253 g/mol. The van der Waals surface area contributed by atoms with Crippen LogP contribution in [-0.2, 0) is 13.0 Å². The molecule has 1 aromatic carbocycles. The van der Waals surface area contributed by atoms with Crippen LogP contribution in [0.15, 0.2) is 42.7 Å². The van der Waals surface area contributed by atoms with E-state index in [-0.39, 0.29) is 5.75 Å². The molecule has 4 heteroatoms. The lowest BCUT2D eigenvalue weighted by Crippen LogP contribution is -2.02. The molecule has 1 N–H and O–H groups in total. The van der Waals surface area contributed by atoms with Crippen LogP contribution in [0.3, 0.4) is 0 Å². The number of para-hydroxylation sites is 2. The highest BCUT2D eigenvalue weighted by molar-refractivity contribution is 5.76. The number of aryl methyl sites for hydroxylation is 1. The first kappa shape index (κ1) is 11.7. The molecule has 19 heavy (non-hydrogen) atoms. The summed E-state index contributed by atoms with van der Waals surface area (Å²) in [5.41, 5.74) is 3.12. The zero-order chi connectivity index (χ0) is 13.2. The molecule has 0 saturated carbocycles. The van der Waals surface area contributed by atoms with Gasteiger partial charge in [-0.05, 0) is 30.7 Å². The topological polar surface area (TPSA) is 50.9 Å². The van der Waals surface area contributed by atoms with E-state index in [1.807, 2.05) is 18.2 Å². The van der Waals surface area contributed by atoms with Crippen LogP contribution in [-0.4, -0.2) is 19.6 Å². The maximum atomic E-state index is 9.47. The van der Waals surface area contributed by atoms with Gasteiger partial charge in [-0.1, -0.05) is 12.1 Å². The number of hydrogen-bond acceptors (Lipinski definition) is 3. The van der Waals surface area contributed by atoms with Gasteiger partial charge < -0.3 is 9.67 Å². The molecule has 0 saturated heterocycles. The summed E-state index contributed by atoms with van der Waals surface area (Å²) in [6.45, 7) is 2.99. The van der Waals surface area contributed by atoms with Gasteiger partial charge in [-0.25, -0.2) is 4.98 Å². The molecule has 96 valence electrons. The largest absolute Gasteiger partial charge is 0.506 e. The van der Waals surface area contributed by atoms with Gasteiger partial charge in [0.15, 0.2) is 0 Å². The Morgan fingerprint density at radius 1 is 1.21 bits per heavy atom. The minimum Gasteiger partial charge on any atom is -0.506 e. The van der Waals surface area contributed by atoms with Crippen molar-refractivity contribution in [2.24, 2.45) is 0 Å². The molecular formula is C15H15N3O. The Balaban J connectivity index is 2.05. The molecule has 0 unspecified atom stereocenters. The molecule has 0 aliphatic heterocycles. The van der Waals surface area contributed by atoms with Gasteiger partial charge in [0.1, 0.15) is 11.6 Å². The SMILES string of the molecule is CCn1c(Cc2cncc(O)c2)nc2ccccc21. The minimum absolute atomic E-state index is 0.191. The van der Waals surface area contributed by atoms with E-state index in [1.165, 1.54) is 6.20 Å². The maximum Gasteiger partial charge on any atom is 0.134 e. The number of imidazole rings is 1. The summed E-state index contributed by atoms with van der Waals surface area (Å²) in [7, 11) is 0. The van der Waals surface area contributed by atoms with Crippen molar-refractivity contribution < 1.29 is 5.11 Å². The number of aromatic nitrogens is 3. The number of benzene rings is 1. The highest BCUT2D eigenvalue weighted by Gasteiger charge is 2.09. The second-order valence-corrected chi connectivity index (χ2v) is 4.49. The molecule has 4 nitrogen and oxygen atoms in total. The van der Waals surface area contributed by atoms with Crippen molar-refractivity contribution in [2.45, 2.75) is 19.9 Å². The van der Waals surface area contributed by atoms with Gasteiger partial charge in [-0.15, -0.1) is 0 Å². The van der Waals surface area contributed by atoms with Crippen LogP contribution >= 0.6 is 0 Å². The van der Waals surface area contributed by atoms with E-state index in [4.69, 9.17) is 0 Å².